The summed E-state index contributed by atoms with van der Waals surface area (Å²) in [5.41, 5.74) is 0.359. The largest absolute Gasteiger partial charge is 0.480 e. The summed E-state index contributed by atoms with van der Waals surface area (Å²) in [4.78, 5) is 29.5. The number of imidazole rings is 1. The van der Waals surface area contributed by atoms with Crippen LogP contribution in [0.2, 0.25) is 0 Å². The van der Waals surface area contributed by atoms with Gasteiger partial charge in [0.15, 0.2) is 0 Å². The second-order valence-corrected chi connectivity index (χ2v) is 5.36. The third-order valence-electron chi connectivity index (χ3n) is 2.62. The predicted octanol–water partition coefficient (Wildman–Crippen LogP) is 0.751. The van der Waals surface area contributed by atoms with Gasteiger partial charge in [0.2, 0.25) is 0 Å². The minimum absolute atomic E-state index is 0.407. The third kappa shape index (κ3) is 4.99. The first-order valence-electron chi connectivity index (χ1n) is 6.05. The molecule has 1 aromatic heterocycles. The molecule has 0 bridgehead atoms. The molecule has 0 aromatic carbocycles. The van der Waals surface area contributed by atoms with Gasteiger partial charge in [0.1, 0.15) is 6.04 Å². The fourth-order valence-corrected chi connectivity index (χ4v) is 1.56. The van der Waals surface area contributed by atoms with Gasteiger partial charge in [-0.3, -0.25) is 0 Å². The van der Waals surface area contributed by atoms with E-state index in [0.29, 0.717) is 13.0 Å². The minimum atomic E-state index is -1.05. The summed E-state index contributed by atoms with van der Waals surface area (Å²) in [6.45, 7) is 5.69. The molecule has 19 heavy (non-hydrogen) atoms. The molecule has 106 valence electrons. The van der Waals surface area contributed by atoms with E-state index in [2.05, 4.69) is 20.6 Å². The van der Waals surface area contributed by atoms with E-state index in [1.54, 1.807) is 33.3 Å². The summed E-state index contributed by atoms with van der Waals surface area (Å²) in [6.07, 6.45) is 3.85. The number of rotatable bonds is 5. The van der Waals surface area contributed by atoms with Gasteiger partial charge in [0.05, 0.1) is 6.33 Å². The van der Waals surface area contributed by atoms with E-state index in [1.165, 1.54) is 0 Å². The van der Waals surface area contributed by atoms with E-state index in [0.717, 1.165) is 5.69 Å². The average Bonchev–Trinajstić information content (AvgIpc) is 2.77. The van der Waals surface area contributed by atoms with Crippen LogP contribution in [0.4, 0.5) is 4.79 Å². The first-order chi connectivity index (χ1) is 8.80. The quantitative estimate of drug-likeness (QED) is 0.632. The maximum absolute atomic E-state index is 11.6. The first-order valence-corrected chi connectivity index (χ1v) is 6.05. The van der Waals surface area contributed by atoms with Crippen molar-refractivity contribution < 1.29 is 14.7 Å². The van der Waals surface area contributed by atoms with Gasteiger partial charge in [-0.05, 0) is 5.41 Å². The lowest BCUT2D eigenvalue weighted by molar-refractivity contribution is -0.141. The average molecular weight is 268 g/mol. The number of aromatic nitrogens is 2. The summed E-state index contributed by atoms with van der Waals surface area (Å²) in [6, 6.07) is -1.42. The number of H-pyrrole nitrogens is 1. The lowest BCUT2D eigenvalue weighted by Gasteiger charge is -2.27. The van der Waals surface area contributed by atoms with Crippen LogP contribution in [-0.2, 0) is 11.2 Å². The van der Waals surface area contributed by atoms with Crippen LogP contribution in [0.5, 0.6) is 0 Å². The van der Waals surface area contributed by atoms with Crippen LogP contribution >= 0.6 is 0 Å². The number of hydrogen-bond acceptors (Lipinski definition) is 3. The highest BCUT2D eigenvalue weighted by Crippen LogP contribution is 2.19. The molecule has 0 spiro atoms. The lowest BCUT2D eigenvalue weighted by atomic mass is 9.87. The van der Waals surface area contributed by atoms with Gasteiger partial charge in [-0.25, -0.2) is 14.6 Å². The Balaban J connectivity index is 2.39. The third-order valence-corrected chi connectivity index (χ3v) is 2.62. The molecular weight excluding hydrogens is 248 g/mol. The van der Waals surface area contributed by atoms with Crippen molar-refractivity contribution in [3.8, 4) is 0 Å². The van der Waals surface area contributed by atoms with Crippen LogP contribution in [0, 0.1) is 5.41 Å². The van der Waals surface area contributed by atoms with Crippen molar-refractivity contribution in [3.63, 3.8) is 0 Å². The maximum Gasteiger partial charge on any atom is 0.326 e. The molecule has 2 amide bonds. The van der Waals surface area contributed by atoms with Crippen LogP contribution in [0.1, 0.15) is 26.5 Å². The summed E-state index contributed by atoms with van der Waals surface area (Å²) < 4.78 is 0. The van der Waals surface area contributed by atoms with E-state index in [1.807, 2.05) is 0 Å². The molecule has 0 fully saturated rings. The van der Waals surface area contributed by atoms with Crippen LogP contribution in [0.3, 0.4) is 0 Å². The topological polar surface area (TPSA) is 107 Å². The highest BCUT2D eigenvalue weighted by molar-refractivity contribution is 5.83. The Morgan fingerprint density at radius 3 is 2.63 bits per heavy atom. The molecule has 4 N–H and O–H groups in total. The fourth-order valence-electron chi connectivity index (χ4n) is 1.56. The zero-order chi connectivity index (χ0) is 14.5. The summed E-state index contributed by atoms with van der Waals surface area (Å²) in [5, 5.41) is 14.2. The molecule has 0 aliphatic rings. The number of carboxylic acid groups (broad SMARTS) is 1. The smallest absolute Gasteiger partial charge is 0.326 e. The fraction of sp³-hybridized carbons (Fsp3) is 0.583. The molecule has 1 rings (SSSR count). The van der Waals surface area contributed by atoms with Gasteiger partial charge in [0.25, 0.3) is 0 Å². The molecular formula is C12H20N4O3. The highest BCUT2D eigenvalue weighted by Gasteiger charge is 2.32. The molecule has 1 atom stereocenters. The molecule has 0 saturated carbocycles. The second kappa shape index (κ2) is 6.21. The van der Waals surface area contributed by atoms with E-state index in [4.69, 9.17) is 5.11 Å². The van der Waals surface area contributed by atoms with E-state index in [9.17, 15) is 9.59 Å². The van der Waals surface area contributed by atoms with Crippen LogP contribution in [0.15, 0.2) is 12.5 Å². The number of nitrogens with one attached hydrogen (secondary N) is 3. The number of nitrogens with zero attached hydrogens (tertiary/aromatic N) is 1. The summed E-state index contributed by atoms with van der Waals surface area (Å²) in [5.74, 6) is -1.05. The molecule has 1 aromatic rings. The van der Waals surface area contributed by atoms with E-state index >= 15 is 0 Å². The number of hydrogen-bond donors (Lipinski definition) is 4. The summed E-state index contributed by atoms with van der Waals surface area (Å²) in [7, 11) is 0. The lowest BCUT2D eigenvalue weighted by Crippen LogP contribution is -2.52. The standard InChI is InChI=1S/C12H20N4O3/c1-12(2,3)9(10(17)18)16-11(19)14-5-4-8-6-13-7-15-8/h6-7,9H,4-5H2,1-3H3,(H,13,15)(H,17,18)(H2,14,16,19)/t9-/m1/s1. The van der Waals surface area contributed by atoms with Crippen LogP contribution < -0.4 is 10.6 Å². The van der Waals surface area contributed by atoms with Gasteiger partial charge in [0, 0.05) is 24.9 Å². The number of carbonyl (C=O) groups excluding carboxylic acids is 1. The molecule has 7 heteroatoms. The number of urea groups is 1. The van der Waals surface area contributed by atoms with Crippen molar-refractivity contribution in [2.24, 2.45) is 5.41 Å². The Labute approximate surface area is 111 Å². The Morgan fingerprint density at radius 2 is 2.16 bits per heavy atom. The van der Waals surface area contributed by atoms with Crippen molar-refractivity contribution in [1.82, 2.24) is 20.6 Å². The number of aliphatic carboxylic acids is 1. The zero-order valence-electron chi connectivity index (χ0n) is 11.4. The van der Waals surface area contributed by atoms with Gasteiger partial charge in [-0.1, -0.05) is 20.8 Å². The number of carboxylic acids is 1. The Hall–Kier alpha value is -2.05. The molecule has 0 aliphatic heterocycles. The molecule has 0 aliphatic carbocycles. The van der Waals surface area contributed by atoms with Crippen molar-refractivity contribution in [2.75, 3.05) is 6.54 Å². The van der Waals surface area contributed by atoms with Crippen molar-refractivity contribution >= 4 is 12.0 Å². The molecule has 0 saturated heterocycles. The second-order valence-electron chi connectivity index (χ2n) is 5.36. The van der Waals surface area contributed by atoms with Crippen molar-refractivity contribution in [1.29, 1.82) is 0 Å². The van der Waals surface area contributed by atoms with Crippen molar-refractivity contribution in [2.45, 2.75) is 33.2 Å². The highest BCUT2D eigenvalue weighted by atomic mass is 16.4. The van der Waals surface area contributed by atoms with Crippen LogP contribution in [0.25, 0.3) is 0 Å². The Kier molecular flexibility index (Phi) is 4.91. The number of aromatic amines is 1. The SMILES string of the molecule is CC(C)(C)[C@H](NC(=O)NCCc1cnc[nH]1)C(=O)O. The van der Waals surface area contributed by atoms with Gasteiger partial charge in [-0.15, -0.1) is 0 Å². The molecule has 0 radical (unpaired) electrons. The summed E-state index contributed by atoms with van der Waals surface area (Å²) >= 11 is 0. The van der Waals surface area contributed by atoms with Crippen LogP contribution in [-0.4, -0.2) is 39.7 Å². The van der Waals surface area contributed by atoms with E-state index < -0.39 is 23.5 Å². The monoisotopic (exact) mass is 268 g/mol. The van der Waals surface area contributed by atoms with Gasteiger partial charge < -0.3 is 20.7 Å². The number of carbonyl (C=O) groups is 2. The molecule has 7 nitrogen and oxygen atoms in total. The zero-order valence-corrected chi connectivity index (χ0v) is 11.4. The molecule has 0 unspecified atom stereocenters. The Morgan fingerprint density at radius 1 is 1.47 bits per heavy atom. The Bertz CT molecular complexity index is 423. The van der Waals surface area contributed by atoms with Gasteiger partial charge >= 0.3 is 12.0 Å². The molecule has 1 heterocycles. The van der Waals surface area contributed by atoms with Crippen molar-refractivity contribution in [3.05, 3.63) is 18.2 Å². The number of amides is 2. The first kappa shape index (κ1) is 15.0. The normalized spacial score (nSPS) is 12.8. The van der Waals surface area contributed by atoms with E-state index in [-0.39, 0.29) is 0 Å². The predicted molar refractivity (Wildman–Crippen MR) is 69.7 cm³/mol. The van der Waals surface area contributed by atoms with Gasteiger partial charge in [-0.2, -0.15) is 0 Å². The minimum Gasteiger partial charge on any atom is -0.480 e. The maximum atomic E-state index is 11.6.